The van der Waals surface area contributed by atoms with E-state index in [1.165, 1.54) is 9.13 Å². The third kappa shape index (κ3) is 3.10. The van der Waals surface area contributed by atoms with Crippen molar-refractivity contribution in [2.75, 3.05) is 0 Å². The summed E-state index contributed by atoms with van der Waals surface area (Å²) in [4.78, 5) is 36.4. The third-order valence-corrected chi connectivity index (χ3v) is 4.20. The van der Waals surface area contributed by atoms with E-state index in [0.717, 1.165) is 5.56 Å². The maximum absolute atomic E-state index is 12.8. The third-order valence-electron chi connectivity index (χ3n) is 4.20. The van der Waals surface area contributed by atoms with E-state index in [1.807, 2.05) is 39.0 Å². The second kappa shape index (κ2) is 5.92. The van der Waals surface area contributed by atoms with Gasteiger partial charge in [-0.15, -0.1) is 0 Å². The molecule has 0 spiro atoms. The lowest BCUT2D eigenvalue weighted by atomic mass is 9.97. The van der Waals surface area contributed by atoms with E-state index in [-0.39, 0.29) is 23.4 Å². The average Bonchev–Trinajstić information content (AvgIpc) is 2.77. The second-order valence-electron chi connectivity index (χ2n) is 7.35. The molecule has 0 saturated carbocycles. The summed E-state index contributed by atoms with van der Waals surface area (Å²) in [5.41, 5.74) is 1.66. The van der Waals surface area contributed by atoms with E-state index in [1.54, 1.807) is 7.05 Å². The molecule has 6 heteroatoms. The Bertz CT molecular complexity index is 993. The van der Waals surface area contributed by atoms with Crippen molar-refractivity contribution in [3.05, 3.63) is 34.2 Å². The highest BCUT2D eigenvalue weighted by atomic mass is 16.2. The fourth-order valence-electron chi connectivity index (χ4n) is 3.02. The zero-order valence-electron chi connectivity index (χ0n) is 14.8. The van der Waals surface area contributed by atoms with Gasteiger partial charge in [0.1, 0.15) is 6.04 Å². The number of hydrogen-bond donors (Lipinski definition) is 1. The van der Waals surface area contributed by atoms with Crippen LogP contribution < -0.4 is 11.0 Å². The van der Waals surface area contributed by atoms with E-state index >= 15 is 0 Å². The lowest BCUT2D eigenvalue weighted by Gasteiger charge is -2.21. The molecule has 2 aromatic rings. The molecule has 0 radical (unpaired) electrons. The first-order valence-electron chi connectivity index (χ1n) is 8.26. The minimum absolute atomic E-state index is 0.160. The van der Waals surface area contributed by atoms with Gasteiger partial charge in [-0.25, -0.2) is 4.79 Å². The Labute approximate surface area is 145 Å². The molecule has 1 atom stereocenters. The molecule has 6 nitrogen and oxygen atoms in total. The number of para-hydroxylation sites is 1. The molecule has 1 aromatic heterocycles. The quantitative estimate of drug-likeness (QED) is 0.635. The summed E-state index contributed by atoms with van der Waals surface area (Å²) in [6.07, 6.45) is 0.546. The minimum Gasteiger partial charge on any atom is -0.295 e. The molecule has 1 unspecified atom stereocenters. The summed E-state index contributed by atoms with van der Waals surface area (Å²) in [7, 11) is 1.68. The number of aromatic nitrogens is 2. The van der Waals surface area contributed by atoms with Crippen LogP contribution in [0.4, 0.5) is 0 Å². The summed E-state index contributed by atoms with van der Waals surface area (Å²) < 4.78 is 2.99. The number of nitrogens with one attached hydrogen (secondary N) is 1. The van der Waals surface area contributed by atoms with Crippen molar-refractivity contribution < 1.29 is 9.59 Å². The number of aryl methyl sites for hydroxylation is 1. The summed E-state index contributed by atoms with van der Waals surface area (Å²) in [6, 6.07) is 4.83. The van der Waals surface area contributed by atoms with E-state index in [0.29, 0.717) is 17.5 Å². The van der Waals surface area contributed by atoms with E-state index < -0.39 is 11.9 Å². The lowest BCUT2D eigenvalue weighted by molar-refractivity contribution is -0.135. The number of carbonyl (C=O) groups excluding carboxylic acids is 2. The Hall–Kier alpha value is -2.81. The fraction of sp³-hybridized carbons (Fsp3) is 0.421. The number of benzene rings is 1. The van der Waals surface area contributed by atoms with Crippen LogP contribution in [0.15, 0.2) is 23.0 Å². The van der Waals surface area contributed by atoms with Gasteiger partial charge < -0.3 is 0 Å². The Kier molecular flexibility index (Phi) is 4.03. The van der Waals surface area contributed by atoms with Gasteiger partial charge in [-0.3, -0.25) is 24.0 Å². The summed E-state index contributed by atoms with van der Waals surface area (Å²) in [5.74, 6) is 5.60. The molecule has 1 aliphatic rings. The average molecular weight is 339 g/mol. The molecule has 0 aliphatic carbocycles. The number of imidazole rings is 1. The van der Waals surface area contributed by atoms with Gasteiger partial charge >= 0.3 is 5.69 Å². The Morgan fingerprint density at radius 1 is 1.20 bits per heavy atom. The molecule has 3 rings (SSSR count). The van der Waals surface area contributed by atoms with E-state index in [2.05, 4.69) is 17.2 Å². The molecule has 1 fully saturated rings. The molecule has 1 saturated heterocycles. The Morgan fingerprint density at radius 3 is 2.56 bits per heavy atom. The number of rotatable bonds is 1. The highest BCUT2D eigenvalue weighted by Crippen LogP contribution is 2.24. The molecule has 1 N–H and O–H groups in total. The van der Waals surface area contributed by atoms with Crippen molar-refractivity contribution in [3.63, 3.8) is 0 Å². The van der Waals surface area contributed by atoms with Crippen LogP contribution in [-0.4, -0.2) is 20.9 Å². The number of imide groups is 1. The largest absolute Gasteiger partial charge is 0.329 e. The van der Waals surface area contributed by atoms with Crippen LogP contribution in [0.3, 0.4) is 0 Å². The monoisotopic (exact) mass is 339 g/mol. The first kappa shape index (κ1) is 17.0. The van der Waals surface area contributed by atoms with Gasteiger partial charge in [0, 0.05) is 18.9 Å². The maximum Gasteiger partial charge on any atom is 0.329 e. The lowest BCUT2D eigenvalue weighted by Crippen LogP contribution is -2.44. The van der Waals surface area contributed by atoms with Crippen LogP contribution in [0.1, 0.15) is 45.2 Å². The normalized spacial score (nSPS) is 18.0. The van der Waals surface area contributed by atoms with Crippen molar-refractivity contribution in [1.29, 1.82) is 0 Å². The Morgan fingerprint density at radius 2 is 1.92 bits per heavy atom. The minimum atomic E-state index is -0.681. The van der Waals surface area contributed by atoms with Gasteiger partial charge in [0.2, 0.25) is 11.8 Å². The zero-order valence-corrected chi connectivity index (χ0v) is 14.8. The molecule has 2 heterocycles. The van der Waals surface area contributed by atoms with Crippen LogP contribution in [-0.2, 0) is 16.6 Å². The molecule has 1 aromatic carbocycles. The van der Waals surface area contributed by atoms with Crippen molar-refractivity contribution in [1.82, 2.24) is 14.5 Å². The summed E-state index contributed by atoms with van der Waals surface area (Å²) >= 11 is 0. The van der Waals surface area contributed by atoms with Crippen LogP contribution in [0.2, 0.25) is 0 Å². The van der Waals surface area contributed by atoms with Crippen LogP contribution >= 0.6 is 0 Å². The number of nitrogens with zero attached hydrogens (tertiary/aromatic N) is 2. The molecule has 1 aliphatic heterocycles. The predicted octanol–water partition coefficient (Wildman–Crippen LogP) is 1.72. The Balaban J connectivity index is 2.21. The maximum atomic E-state index is 12.8. The van der Waals surface area contributed by atoms with Crippen molar-refractivity contribution >= 4 is 22.8 Å². The molecule has 2 amide bonds. The molecular formula is C19H21N3O3. The van der Waals surface area contributed by atoms with Crippen molar-refractivity contribution in [2.24, 2.45) is 12.5 Å². The highest BCUT2D eigenvalue weighted by Gasteiger charge is 2.31. The zero-order chi connectivity index (χ0) is 18.4. The number of carbonyl (C=O) groups is 2. The van der Waals surface area contributed by atoms with Gasteiger partial charge in [-0.1, -0.05) is 17.9 Å². The van der Waals surface area contributed by atoms with E-state index in [9.17, 15) is 14.4 Å². The molecule has 0 bridgehead atoms. The number of amides is 2. The number of hydrogen-bond acceptors (Lipinski definition) is 3. The van der Waals surface area contributed by atoms with Gasteiger partial charge in [0.05, 0.1) is 16.6 Å². The van der Waals surface area contributed by atoms with Gasteiger partial charge in [-0.2, -0.15) is 0 Å². The van der Waals surface area contributed by atoms with Crippen molar-refractivity contribution in [2.45, 2.75) is 39.7 Å². The highest BCUT2D eigenvalue weighted by molar-refractivity contribution is 6.00. The van der Waals surface area contributed by atoms with Crippen LogP contribution in [0.25, 0.3) is 11.0 Å². The summed E-state index contributed by atoms with van der Waals surface area (Å²) in [5, 5.41) is 2.31. The van der Waals surface area contributed by atoms with Crippen LogP contribution in [0, 0.1) is 17.3 Å². The van der Waals surface area contributed by atoms with Crippen LogP contribution in [0.5, 0.6) is 0 Å². The summed E-state index contributed by atoms with van der Waals surface area (Å²) in [6.45, 7) is 6.06. The SMILES string of the molecule is Cn1c(=O)n(C2CCC(=O)NC2=O)c2cccc(C#CC(C)(C)C)c21. The second-order valence-corrected chi connectivity index (χ2v) is 7.35. The van der Waals surface area contributed by atoms with Crippen molar-refractivity contribution in [3.8, 4) is 11.8 Å². The predicted molar refractivity (Wildman–Crippen MR) is 94.9 cm³/mol. The topological polar surface area (TPSA) is 73.1 Å². The smallest absolute Gasteiger partial charge is 0.295 e. The van der Waals surface area contributed by atoms with Gasteiger partial charge in [0.25, 0.3) is 0 Å². The first-order chi connectivity index (χ1) is 11.7. The van der Waals surface area contributed by atoms with E-state index in [4.69, 9.17) is 0 Å². The number of fused-ring (bicyclic) bond motifs is 1. The molecule has 130 valence electrons. The molecule has 25 heavy (non-hydrogen) atoms. The first-order valence-corrected chi connectivity index (χ1v) is 8.26. The fourth-order valence-corrected chi connectivity index (χ4v) is 3.02. The standard InChI is InChI=1S/C19H21N3O3/c1-19(2,3)11-10-12-6-5-7-13-16(12)21(4)18(25)22(13)14-8-9-15(23)20-17(14)24/h5-7,14H,8-9H2,1-4H3,(H,20,23,24). The molecular weight excluding hydrogens is 318 g/mol. The van der Waals surface area contributed by atoms with Gasteiger partial charge in [-0.05, 0) is 39.3 Å². The number of piperidine rings is 1. The van der Waals surface area contributed by atoms with Gasteiger partial charge in [0.15, 0.2) is 0 Å².